The fourth-order valence-electron chi connectivity index (χ4n) is 1.44. The molecule has 0 saturated heterocycles. The van der Waals surface area contributed by atoms with Gasteiger partial charge in [-0.3, -0.25) is 4.79 Å². The van der Waals surface area contributed by atoms with Crippen LogP contribution in [0.2, 0.25) is 0 Å². The molecule has 0 aliphatic rings. The number of carbonyl (C=O) groups excluding carboxylic acids is 1. The average molecular weight is 645 g/mol. The molecule has 0 radical (unpaired) electrons. The zero-order valence-electron chi connectivity index (χ0n) is 11.8. The highest BCUT2D eigenvalue weighted by molar-refractivity contribution is 14.1. The number of anilines is 1. The fraction of sp³-hybridized carbons (Fsp3) is 0.385. The Hall–Kier alpha value is 0.110. The lowest BCUT2D eigenvalue weighted by atomic mass is 10.3. The third-order valence-electron chi connectivity index (χ3n) is 2.47. The second-order valence-corrected chi connectivity index (χ2v) is 7.64. The number of carboxylic acids is 1. The summed E-state index contributed by atoms with van der Waals surface area (Å²) in [5.74, 6) is -0.509. The van der Waals surface area contributed by atoms with Crippen molar-refractivity contribution in [3.05, 3.63) is 16.8 Å². The molecule has 2 N–H and O–H groups in total. The second kappa shape index (κ2) is 9.42. The van der Waals surface area contributed by atoms with Crippen LogP contribution < -0.4 is 10.1 Å². The van der Waals surface area contributed by atoms with Crippen molar-refractivity contribution in [2.24, 2.45) is 0 Å². The molecule has 0 fully saturated rings. The van der Waals surface area contributed by atoms with Crippen LogP contribution in [0.15, 0.2) is 6.07 Å². The first kappa shape index (κ1) is 20.2. The van der Waals surface area contributed by atoms with E-state index in [1.54, 1.807) is 0 Å². The monoisotopic (exact) mass is 645 g/mol. The van der Waals surface area contributed by atoms with Gasteiger partial charge in [0.1, 0.15) is 12.4 Å². The first-order valence-electron chi connectivity index (χ1n) is 6.16. The van der Waals surface area contributed by atoms with Crippen LogP contribution in [0.4, 0.5) is 5.69 Å². The van der Waals surface area contributed by atoms with E-state index in [2.05, 4.69) is 73.1 Å². The highest BCUT2D eigenvalue weighted by Gasteiger charge is 2.17. The molecule has 0 heterocycles. The van der Waals surface area contributed by atoms with Gasteiger partial charge in [0.05, 0.1) is 19.4 Å². The Bertz CT molecular complexity index is 579. The number of hydrogen-bond donors (Lipinski definition) is 2. The molecular formula is C13H14I3NO5. The van der Waals surface area contributed by atoms with Crippen molar-refractivity contribution in [1.29, 1.82) is 0 Å². The predicted molar refractivity (Wildman–Crippen MR) is 107 cm³/mol. The molecule has 122 valence electrons. The van der Waals surface area contributed by atoms with Gasteiger partial charge in [-0.1, -0.05) is 0 Å². The summed E-state index contributed by atoms with van der Waals surface area (Å²) in [6.07, 6.45) is -0.867. The molecule has 22 heavy (non-hydrogen) atoms. The molecule has 1 rings (SSSR count). The maximum absolute atomic E-state index is 11.3. The molecule has 6 nitrogen and oxygen atoms in total. The molecule has 1 atom stereocenters. The van der Waals surface area contributed by atoms with Crippen LogP contribution in [0.3, 0.4) is 0 Å². The Kier molecular flexibility index (Phi) is 8.63. The Morgan fingerprint density at radius 2 is 1.91 bits per heavy atom. The summed E-state index contributed by atoms with van der Waals surface area (Å²) in [6.45, 7) is 3.31. The third-order valence-corrected chi connectivity index (χ3v) is 5.16. The number of hydrogen-bond acceptors (Lipinski definition) is 4. The number of aliphatic carboxylic acids is 1. The third kappa shape index (κ3) is 5.96. The number of benzene rings is 1. The van der Waals surface area contributed by atoms with Crippen LogP contribution in [-0.2, 0) is 14.3 Å². The Balaban J connectivity index is 2.78. The second-order valence-electron chi connectivity index (χ2n) is 4.24. The van der Waals surface area contributed by atoms with E-state index >= 15 is 0 Å². The summed E-state index contributed by atoms with van der Waals surface area (Å²) in [5, 5.41) is 11.5. The minimum Gasteiger partial charge on any atom is -0.489 e. The number of amides is 1. The Morgan fingerprint density at radius 3 is 2.45 bits per heavy atom. The maximum Gasteiger partial charge on any atom is 0.332 e. The Morgan fingerprint density at radius 1 is 1.27 bits per heavy atom. The van der Waals surface area contributed by atoms with E-state index in [-0.39, 0.29) is 19.1 Å². The van der Waals surface area contributed by atoms with Crippen molar-refractivity contribution >= 4 is 85.3 Å². The lowest BCUT2D eigenvalue weighted by Gasteiger charge is -2.16. The minimum absolute atomic E-state index is 0.151. The Labute approximate surface area is 169 Å². The molecule has 0 aliphatic heterocycles. The normalized spacial score (nSPS) is 11.9. The number of nitrogens with one attached hydrogen (secondary N) is 1. The van der Waals surface area contributed by atoms with Crippen LogP contribution >= 0.6 is 67.8 Å². The fourth-order valence-corrected chi connectivity index (χ4v) is 5.39. The summed E-state index contributed by atoms with van der Waals surface area (Å²) in [4.78, 5) is 21.9. The summed E-state index contributed by atoms with van der Waals surface area (Å²) < 4.78 is 13.4. The summed E-state index contributed by atoms with van der Waals surface area (Å²) in [5.41, 5.74) is 0.712. The summed E-state index contributed by atoms with van der Waals surface area (Å²) in [6, 6.07) is 1.91. The largest absolute Gasteiger partial charge is 0.489 e. The van der Waals surface area contributed by atoms with Crippen molar-refractivity contribution in [2.75, 3.05) is 18.5 Å². The van der Waals surface area contributed by atoms with E-state index in [0.29, 0.717) is 11.4 Å². The van der Waals surface area contributed by atoms with Crippen LogP contribution in [0, 0.1) is 10.7 Å². The van der Waals surface area contributed by atoms with Gasteiger partial charge in [0.15, 0.2) is 6.10 Å². The van der Waals surface area contributed by atoms with Crippen molar-refractivity contribution in [1.82, 2.24) is 0 Å². The smallest absolute Gasteiger partial charge is 0.332 e. The van der Waals surface area contributed by atoms with Gasteiger partial charge in [0.2, 0.25) is 5.91 Å². The van der Waals surface area contributed by atoms with Crippen molar-refractivity contribution in [2.45, 2.75) is 20.0 Å². The van der Waals surface area contributed by atoms with Crippen LogP contribution in [0.5, 0.6) is 5.75 Å². The van der Waals surface area contributed by atoms with E-state index in [0.717, 1.165) is 10.7 Å². The van der Waals surface area contributed by atoms with E-state index in [1.807, 2.05) is 6.07 Å². The molecular weight excluding hydrogens is 631 g/mol. The summed E-state index contributed by atoms with van der Waals surface area (Å²) >= 11 is 6.43. The molecule has 9 heteroatoms. The highest BCUT2D eigenvalue weighted by atomic mass is 127. The van der Waals surface area contributed by atoms with E-state index in [9.17, 15) is 9.59 Å². The van der Waals surface area contributed by atoms with Gasteiger partial charge in [0.25, 0.3) is 0 Å². The molecule has 0 unspecified atom stereocenters. The highest BCUT2D eigenvalue weighted by Crippen LogP contribution is 2.36. The van der Waals surface area contributed by atoms with Crippen molar-refractivity contribution in [3.8, 4) is 5.75 Å². The molecule has 1 aromatic carbocycles. The van der Waals surface area contributed by atoms with E-state index in [4.69, 9.17) is 14.6 Å². The zero-order valence-corrected chi connectivity index (χ0v) is 18.3. The minimum atomic E-state index is -1.01. The molecule has 0 aromatic heterocycles. The predicted octanol–water partition coefficient (Wildman–Crippen LogP) is 3.33. The molecule has 0 spiro atoms. The number of carbonyl (C=O) groups is 2. The first-order chi connectivity index (χ1) is 10.2. The quantitative estimate of drug-likeness (QED) is 0.352. The van der Waals surface area contributed by atoms with Crippen molar-refractivity contribution in [3.63, 3.8) is 0 Å². The van der Waals surface area contributed by atoms with Crippen molar-refractivity contribution < 1.29 is 24.2 Å². The van der Waals surface area contributed by atoms with Gasteiger partial charge in [0, 0.05) is 10.5 Å². The van der Waals surface area contributed by atoms with Gasteiger partial charge >= 0.3 is 5.97 Å². The molecule has 1 amide bonds. The van der Waals surface area contributed by atoms with E-state index < -0.39 is 12.1 Å². The van der Waals surface area contributed by atoms with Gasteiger partial charge < -0.3 is 19.9 Å². The van der Waals surface area contributed by atoms with Crippen LogP contribution in [-0.4, -0.2) is 36.3 Å². The van der Waals surface area contributed by atoms with Gasteiger partial charge in [-0.2, -0.15) is 0 Å². The molecule has 1 aromatic rings. The SMILES string of the molecule is CC(=O)Nc1c(I)cc(I)c(OCCO[C@@H](C)C(=O)O)c1I. The van der Waals surface area contributed by atoms with Gasteiger partial charge in [-0.15, -0.1) is 0 Å². The van der Waals surface area contributed by atoms with Gasteiger partial charge in [-0.25, -0.2) is 4.79 Å². The molecule has 0 aliphatic carbocycles. The zero-order chi connectivity index (χ0) is 16.9. The average Bonchev–Trinajstić information content (AvgIpc) is 2.41. The first-order valence-corrected chi connectivity index (χ1v) is 9.40. The number of ether oxygens (including phenoxy) is 2. The number of halogens is 3. The maximum atomic E-state index is 11.3. The lowest BCUT2D eigenvalue weighted by molar-refractivity contribution is -0.149. The van der Waals surface area contributed by atoms with E-state index in [1.165, 1.54) is 13.8 Å². The van der Waals surface area contributed by atoms with Crippen LogP contribution in [0.1, 0.15) is 13.8 Å². The lowest BCUT2D eigenvalue weighted by Crippen LogP contribution is -2.22. The number of rotatable bonds is 7. The topological polar surface area (TPSA) is 84.9 Å². The standard InChI is InChI=1S/C13H14I3NO5/c1-6(13(19)20)21-3-4-22-12-9(15)5-8(14)11(10(12)16)17-7(2)18/h5-6H,3-4H2,1-2H3,(H,17,18)(H,19,20)/t6-/m0/s1. The summed E-state index contributed by atoms with van der Waals surface area (Å²) in [7, 11) is 0. The molecule has 0 bridgehead atoms. The van der Waals surface area contributed by atoms with Crippen LogP contribution in [0.25, 0.3) is 0 Å². The van der Waals surface area contributed by atoms with Gasteiger partial charge in [-0.05, 0) is 80.8 Å². The number of carboxylic acid groups (broad SMARTS) is 1. The molecule has 0 saturated carbocycles.